The van der Waals surface area contributed by atoms with E-state index in [1.807, 2.05) is 6.07 Å². The highest BCUT2D eigenvalue weighted by molar-refractivity contribution is 7.89. The number of halogens is 2. The number of carbonyl (C=O) groups excluding carboxylic acids is 2. The molecule has 0 N–H and O–H groups in total. The van der Waals surface area contributed by atoms with Gasteiger partial charge in [0.25, 0.3) is 5.91 Å². The second kappa shape index (κ2) is 9.74. The molecule has 0 radical (unpaired) electrons. The van der Waals surface area contributed by atoms with Gasteiger partial charge in [-0.15, -0.1) is 0 Å². The van der Waals surface area contributed by atoms with Crippen molar-refractivity contribution in [3.05, 3.63) is 60.2 Å². The summed E-state index contributed by atoms with van der Waals surface area (Å²) in [5, 5.41) is 0. The molecular weight excluding hydrogens is 442 g/mol. The molecule has 32 heavy (non-hydrogen) atoms. The van der Waals surface area contributed by atoms with Gasteiger partial charge in [-0.05, 0) is 50.1 Å². The van der Waals surface area contributed by atoms with Gasteiger partial charge >= 0.3 is 5.97 Å². The van der Waals surface area contributed by atoms with Gasteiger partial charge in [0.2, 0.25) is 10.0 Å². The summed E-state index contributed by atoms with van der Waals surface area (Å²) < 4.78 is 59.1. The molecule has 10 heteroatoms. The lowest BCUT2D eigenvalue weighted by Gasteiger charge is -2.31. The molecule has 172 valence electrons. The molecule has 1 aliphatic rings. The van der Waals surface area contributed by atoms with Crippen molar-refractivity contribution >= 4 is 27.6 Å². The first-order valence-corrected chi connectivity index (χ1v) is 11.5. The largest absolute Gasteiger partial charge is 0.452 e. The van der Waals surface area contributed by atoms with E-state index < -0.39 is 50.5 Å². The summed E-state index contributed by atoms with van der Waals surface area (Å²) in [6, 6.07) is 11.1. The van der Waals surface area contributed by atoms with Crippen LogP contribution in [0.3, 0.4) is 0 Å². The second-order valence-electron chi connectivity index (χ2n) is 7.57. The number of hydrogen-bond donors (Lipinski definition) is 0. The van der Waals surface area contributed by atoms with Crippen molar-refractivity contribution in [3.63, 3.8) is 0 Å². The van der Waals surface area contributed by atoms with Gasteiger partial charge in [0.15, 0.2) is 6.10 Å². The maximum Gasteiger partial charge on any atom is 0.309 e. The fourth-order valence-corrected chi connectivity index (χ4v) is 5.06. The Labute approximate surface area is 185 Å². The Morgan fingerprint density at radius 1 is 1.09 bits per heavy atom. The van der Waals surface area contributed by atoms with Gasteiger partial charge in [-0.3, -0.25) is 9.59 Å². The van der Waals surface area contributed by atoms with Gasteiger partial charge in [0.05, 0.1) is 5.92 Å². The summed E-state index contributed by atoms with van der Waals surface area (Å²) in [4.78, 5) is 25.7. The molecular formula is C22H24F2N2O5S. The standard InChI is InChI=1S/C22H24F2N2O5S/c1-15(21(27)25(2)18-6-4-3-5-7-18)31-22(28)16-10-12-26(13-11-16)32(29,30)20-14-17(23)8-9-19(20)24/h3-9,14-16H,10-13H2,1-2H3. The lowest BCUT2D eigenvalue weighted by Crippen LogP contribution is -2.43. The number of benzene rings is 2. The van der Waals surface area contributed by atoms with Crippen molar-refractivity contribution in [1.29, 1.82) is 0 Å². The van der Waals surface area contributed by atoms with Crippen molar-refractivity contribution in [1.82, 2.24) is 4.31 Å². The third-order valence-corrected chi connectivity index (χ3v) is 7.33. The number of amides is 1. The summed E-state index contributed by atoms with van der Waals surface area (Å²) in [5.74, 6) is -3.49. The Morgan fingerprint density at radius 3 is 2.34 bits per heavy atom. The number of rotatable bonds is 6. The Bertz CT molecular complexity index is 1090. The third-order valence-electron chi connectivity index (χ3n) is 5.41. The zero-order valence-electron chi connectivity index (χ0n) is 17.7. The normalized spacial score (nSPS) is 16.4. The van der Waals surface area contributed by atoms with E-state index in [-0.39, 0.29) is 25.9 Å². The predicted molar refractivity (Wildman–Crippen MR) is 113 cm³/mol. The van der Waals surface area contributed by atoms with Crippen molar-refractivity contribution < 1.29 is 31.5 Å². The Morgan fingerprint density at radius 2 is 1.72 bits per heavy atom. The zero-order chi connectivity index (χ0) is 23.5. The summed E-state index contributed by atoms with van der Waals surface area (Å²) in [5.41, 5.74) is 0.656. The van der Waals surface area contributed by atoms with Gasteiger partial charge in [0, 0.05) is 25.8 Å². The smallest absolute Gasteiger partial charge is 0.309 e. The topological polar surface area (TPSA) is 84.0 Å². The molecule has 1 unspecified atom stereocenters. The molecule has 1 heterocycles. The van der Waals surface area contributed by atoms with E-state index in [0.29, 0.717) is 11.8 Å². The predicted octanol–water partition coefficient (Wildman–Crippen LogP) is 2.96. The van der Waals surface area contributed by atoms with Gasteiger partial charge in [0.1, 0.15) is 16.5 Å². The van der Waals surface area contributed by atoms with Crippen LogP contribution in [0.1, 0.15) is 19.8 Å². The Hall–Kier alpha value is -2.85. The zero-order valence-corrected chi connectivity index (χ0v) is 18.5. The molecule has 0 aliphatic carbocycles. The first-order chi connectivity index (χ1) is 15.1. The van der Waals surface area contributed by atoms with Crippen molar-refractivity contribution in [3.8, 4) is 0 Å². The fraction of sp³-hybridized carbons (Fsp3) is 0.364. The number of piperidine rings is 1. The lowest BCUT2D eigenvalue weighted by molar-refractivity contribution is -0.159. The van der Waals surface area contributed by atoms with Crippen LogP contribution < -0.4 is 4.90 Å². The molecule has 2 aromatic carbocycles. The number of anilines is 1. The molecule has 1 saturated heterocycles. The van der Waals surface area contributed by atoms with E-state index in [4.69, 9.17) is 4.74 Å². The van der Waals surface area contributed by atoms with E-state index in [9.17, 15) is 26.8 Å². The molecule has 7 nitrogen and oxygen atoms in total. The minimum Gasteiger partial charge on any atom is -0.452 e. The molecule has 0 bridgehead atoms. The number of para-hydroxylation sites is 1. The number of ether oxygens (including phenoxy) is 1. The number of hydrogen-bond acceptors (Lipinski definition) is 5. The van der Waals surface area contributed by atoms with Crippen LogP contribution in [0.25, 0.3) is 0 Å². The lowest BCUT2D eigenvalue weighted by atomic mass is 9.98. The average Bonchev–Trinajstić information content (AvgIpc) is 2.80. The summed E-state index contributed by atoms with van der Waals surface area (Å²) >= 11 is 0. The van der Waals surface area contributed by atoms with E-state index in [1.165, 1.54) is 11.8 Å². The molecule has 3 rings (SSSR count). The number of carbonyl (C=O) groups is 2. The van der Waals surface area contributed by atoms with E-state index in [1.54, 1.807) is 31.3 Å². The van der Waals surface area contributed by atoms with Crippen molar-refractivity contribution in [2.45, 2.75) is 30.8 Å². The average molecular weight is 467 g/mol. The van der Waals surface area contributed by atoms with Crippen LogP contribution >= 0.6 is 0 Å². The highest BCUT2D eigenvalue weighted by atomic mass is 32.2. The van der Waals surface area contributed by atoms with E-state index in [2.05, 4.69) is 0 Å². The third kappa shape index (κ3) is 5.13. The Kier molecular flexibility index (Phi) is 7.25. The molecule has 1 aliphatic heterocycles. The fourth-order valence-electron chi connectivity index (χ4n) is 3.52. The first kappa shape index (κ1) is 23.8. The SMILES string of the molecule is CC(OC(=O)C1CCN(S(=O)(=O)c2cc(F)ccc2F)CC1)C(=O)N(C)c1ccccc1. The molecule has 0 spiro atoms. The van der Waals surface area contributed by atoms with E-state index >= 15 is 0 Å². The minimum atomic E-state index is -4.24. The molecule has 1 fully saturated rings. The van der Waals surface area contributed by atoms with Crippen molar-refractivity contribution in [2.75, 3.05) is 25.0 Å². The number of likely N-dealkylation sites (N-methyl/N-ethyl adjacent to an activating group) is 1. The quantitative estimate of drug-likeness (QED) is 0.612. The van der Waals surface area contributed by atoms with E-state index in [0.717, 1.165) is 16.4 Å². The maximum absolute atomic E-state index is 13.9. The van der Waals surface area contributed by atoms with Crippen LogP contribution in [-0.4, -0.2) is 50.8 Å². The molecule has 0 aromatic heterocycles. The molecule has 1 amide bonds. The van der Waals surface area contributed by atoms with Gasteiger partial charge < -0.3 is 9.64 Å². The molecule has 0 saturated carbocycles. The molecule has 2 aromatic rings. The monoisotopic (exact) mass is 466 g/mol. The Balaban J connectivity index is 1.58. The van der Waals surface area contributed by atoms with Crippen LogP contribution in [0.4, 0.5) is 14.5 Å². The first-order valence-electron chi connectivity index (χ1n) is 10.1. The number of esters is 1. The van der Waals surface area contributed by atoms with Gasteiger partial charge in [-0.1, -0.05) is 18.2 Å². The van der Waals surface area contributed by atoms with Crippen LogP contribution in [-0.2, 0) is 24.3 Å². The van der Waals surface area contributed by atoms with Gasteiger partial charge in [-0.25, -0.2) is 17.2 Å². The summed E-state index contributed by atoms with van der Waals surface area (Å²) in [6.07, 6.45) is -0.731. The summed E-state index contributed by atoms with van der Waals surface area (Å²) in [6.45, 7) is 1.38. The highest BCUT2D eigenvalue weighted by Crippen LogP contribution is 2.27. The van der Waals surface area contributed by atoms with Crippen LogP contribution in [0.5, 0.6) is 0 Å². The van der Waals surface area contributed by atoms with Crippen molar-refractivity contribution in [2.24, 2.45) is 5.92 Å². The van der Waals surface area contributed by atoms with Crippen LogP contribution in [0.2, 0.25) is 0 Å². The maximum atomic E-state index is 13.9. The second-order valence-corrected chi connectivity index (χ2v) is 9.47. The number of sulfonamides is 1. The minimum absolute atomic E-state index is 0.0513. The highest BCUT2D eigenvalue weighted by Gasteiger charge is 2.35. The van der Waals surface area contributed by atoms with Crippen LogP contribution in [0.15, 0.2) is 53.4 Å². The molecule has 1 atom stereocenters. The van der Waals surface area contributed by atoms with Crippen LogP contribution in [0, 0.1) is 17.6 Å². The summed E-state index contributed by atoms with van der Waals surface area (Å²) in [7, 11) is -2.66. The van der Waals surface area contributed by atoms with Gasteiger partial charge in [-0.2, -0.15) is 4.31 Å². The number of nitrogens with zero attached hydrogens (tertiary/aromatic N) is 2.